The van der Waals surface area contributed by atoms with Gasteiger partial charge in [0.1, 0.15) is 5.69 Å². The first-order chi connectivity index (χ1) is 18.5. The highest BCUT2D eigenvalue weighted by Crippen LogP contribution is 2.17. The molecule has 0 spiro atoms. The van der Waals surface area contributed by atoms with Crippen LogP contribution in [0.3, 0.4) is 0 Å². The van der Waals surface area contributed by atoms with E-state index in [1.54, 1.807) is 0 Å². The summed E-state index contributed by atoms with van der Waals surface area (Å²) in [6, 6.07) is 25.3. The molecule has 0 aliphatic heterocycles. The van der Waals surface area contributed by atoms with Crippen molar-refractivity contribution in [3.05, 3.63) is 132 Å². The van der Waals surface area contributed by atoms with Gasteiger partial charge in [-0.25, -0.2) is 9.97 Å². The first-order valence-electron chi connectivity index (χ1n) is 12.7. The summed E-state index contributed by atoms with van der Waals surface area (Å²) in [5.74, 6) is 0. The van der Waals surface area contributed by atoms with Gasteiger partial charge in [0.25, 0.3) is 0 Å². The Morgan fingerprint density at radius 1 is 0.553 bits per heavy atom. The lowest BCUT2D eigenvalue weighted by Gasteiger charge is -2.11. The van der Waals surface area contributed by atoms with Crippen molar-refractivity contribution in [2.75, 3.05) is 38.0 Å². The zero-order valence-corrected chi connectivity index (χ0v) is 22.5. The molecule has 4 aromatic rings. The van der Waals surface area contributed by atoms with E-state index in [-0.39, 0.29) is 0 Å². The Morgan fingerprint density at radius 2 is 1.03 bits per heavy atom. The van der Waals surface area contributed by atoms with E-state index >= 15 is 0 Å². The molecule has 2 aromatic carbocycles. The normalized spacial score (nSPS) is 11.8. The zero-order chi connectivity index (χ0) is 26.7. The molecule has 0 aliphatic carbocycles. The third kappa shape index (κ3) is 7.65. The molecule has 4 rings (SSSR count). The summed E-state index contributed by atoms with van der Waals surface area (Å²) in [5, 5.41) is 0. The lowest BCUT2D eigenvalue weighted by Crippen LogP contribution is -2.07. The van der Waals surface area contributed by atoms with Gasteiger partial charge in [0, 0.05) is 57.9 Å². The Kier molecular flexibility index (Phi) is 9.03. The van der Waals surface area contributed by atoms with E-state index in [0.717, 1.165) is 22.5 Å². The van der Waals surface area contributed by atoms with Gasteiger partial charge in [0.15, 0.2) is 6.20 Å². The molecule has 0 fully saturated rings. The summed E-state index contributed by atoms with van der Waals surface area (Å²) >= 11 is 0. The molecule has 2 heterocycles. The number of aromatic nitrogens is 2. The summed E-state index contributed by atoms with van der Waals surface area (Å²) in [7, 11) is 8.19. The maximum absolute atomic E-state index is 4.58. The van der Waals surface area contributed by atoms with E-state index in [4.69, 9.17) is 0 Å². The highest BCUT2D eigenvalue weighted by molar-refractivity contribution is 5.65. The second kappa shape index (κ2) is 13.0. The standard InChI is InChI=1S/C34H34N4/c1-37(2)31-17-13-27(14-18-31)9-5-7-11-29-21-23-35-33(25-29)34-26-30(22-24-36-34)12-8-6-10-28-15-19-32(20-16-28)38(3)4/h5-26H,1-4H3/p+1/b9-5+,10-6+,11-7+,12-8+. The molecular weight excluding hydrogens is 464 g/mol. The van der Waals surface area contributed by atoms with Crippen LogP contribution in [0.2, 0.25) is 0 Å². The van der Waals surface area contributed by atoms with Crippen molar-refractivity contribution in [3.63, 3.8) is 0 Å². The Balaban J connectivity index is 1.39. The molecule has 4 heteroatoms. The third-order valence-corrected chi connectivity index (χ3v) is 6.08. The third-order valence-electron chi connectivity index (χ3n) is 6.08. The van der Waals surface area contributed by atoms with Gasteiger partial charge in [-0.1, -0.05) is 72.9 Å². The van der Waals surface area contributed by atoms with Gasteiger partial charge >= 0.3 is 0 Å². The summed E-state index contributed by atoms with van der Waals surface area (Å²) in [6.07, 6.45) is 20.4. The molecule has 1 N–H and O–H groups in total. The quantitative estimate of drug-likeness (QED) is 0.229. The van der Waals surface area contributed by atoms with Gasteiger partial charge in [-0.05, 0) is 58.7 Å². The van der Waals surface area contributed by atoms with Crippen LogP contribution in [0.4, 0.5) is 11.4 Å². The predicted octanol–water partition coefficient (Wildman–Crippen LogP) is 7.15. The molecule has 0 unspecified atom stereocenters. The molecule has 4 nitrogen and oxygen atoms in total. The number of H-pyrrole nitrogens is 1. The minimum Gasteiger partial charge on any atom is -0.378 e. The number of nitrogens with one attached hydrogen (secondary N) is 1. The lowest BCUT2D eigenvalue weighted by atomic mass is 10.1. The summed E-state index contributed by atoms with van der Waals surface area (Å²) in [6.45, 7) is 0. The average molecular weight is 500 g/mol. The molecule has 0 aliphatic rings. The fraction of sp³-hybridized carbons (Fsp3) is 0.118. The van der Waals surface area contributed by atoms with Crippen molar-refractivity contribution in [2.45, 2.75) is 0 Å². The van der Waals surface area contributed by atoms with Gasteiger partial charge < -0.3 is 9.80 Å². The number of aromatic amines is 1. The van der Waals surface area contributed by atoms with E-state index < -0.39 is 0 Å². The second-order valence-corrected chi connectivity index (χ2v) is 9.42. The molecule has 0 saturated carbocycles. The Hall–Kier alpha value is -4.70. The van der Waals surface area contributed by atoms with Gasteiger partial charge in [0.05, 0.1) is 0 Å². The van der Waals surface area contributed by atoms with Crippen molar-refractivity contribution in [3.8, 4) is 11.4 Å². The topological polar surface area (TPSA) is 33.5 Å². The molecule has 190 valence electrons. The maximum atomic E-state index is 4.58. The van der Waals surface area contributed by atoms with Crippen LogP contribution >= 0.6 is 0 Å². The van der Waals surface area contributed by atoms with Gasteiger partial charge in [-0.15, -0.1) is 0 Å². The maximum Gasteiger partial charge on any atom is 0.230 e. The van der Waals surface area contributed by atoms with Crippen molar-refractivity contribution < 1.29 is 4.98 Å². The average Bonchev–Trinajstić information content (AvgIpc) is 2.94. The minimum absolute atomic E-state index is 0.905. The van der Waals surface area contributed by atoms with Crippen LogP contribution < -0.4 is 14.8 Å². The van der Waals surface area contributed by atoms with Crippen LogP contribution in [-0.2, 0) is 0 Å². The van der Waals surface area contributed by atoms with Crippen LogP contribution in [0, 0.1) is 0 Å². The van der Waals surface area contributed by atoms with E-state index in [2.05, 4.69) is 135 Å². The molecule has 0 saturated heterocycles. The monoisotopic (exact) mass is 499 g/mol. The number of nitrogens with zero attached hydrogens (tertiary/aromatic N) is 3. The van der Waals surface area contributed by atoms with Crippen LogP contribution in [0.5, 0.6) is 0 Å². The Morgan fingerprint density at radius 3 is 1.53 bits per heavy atom. The number of rotatable bonds is 9. The number of hydrogen-bond acceptors (Lipinski definition) is 3. The Bertz CT molecular complexity index is 1330. The van der Waals surface area contributed by atoms with Crippen molar-refractivity contribution in [2.24, 2.45) is 0 Å². The number of anilines is 2. The van der Waals surface area contributed by atoms with E-state index in [1.165, 1.54) is 22.5 Å². The first-order valence-corrected chi connectivity index (χ1v) is 12.7. The molecule has 38 heavy (non-hydrogen) atoms. The fourth-order valence-electron chi connectivity index (χ4n) is 3.87. The van der Waals surface area contributed by atoms with Gasteiger partial charge in [-0.3, -0.25) is 0 Å². The second-order valence-electron chi connectivity index (χ2n) is 9.42. The molecular formula is C34H35N4+. The highest BCUT2D eigenvalue weighted by Gasteiger charge is 2.07. The van der Waals surface area contributed by atoms with Crippen LogP contribution in [0.1, 0.15) is 22.3 Å². The van der Waals surface area contributed by atoms with Gasteiger partial charge in [0.2, 0.25) is 5.69 Å². The van der Waals surface area contributed by atoms with E-state index in [0.29, 0.717) is 0 Å². The SMILES string of the molecule is CN(C)c1ccc(/C=C/C=C/c2ccnc(-c3cc(/C=C/C=C/c4ccc(N(C)C)cc4)cc[nH+]3)c2)cc1. The molecule has 2 aromatic heterocycles. The van der Waals surface area contributed by atoms with Crippen molar-refractivity contribution in [1.29, 1.82) is 0 Å². The molecule has 0 radical (unpaired) electrons. The van der Waals surface area contributed by atoms with E-state index in [1.807, 2.05) is 46.7 Å². The predicted molar refractivity (Wildman–Crippen MR) is 164 cm³/mol. The zero-order valence-electron chi connectivity index (χ0n) is 22.5. The summed E-state index contributed by atoms with van der Waals surface area (Å²) in [4.78, 5) is 12.1. The fourth-order valence-corrected chi connectivity index (χ4v) is 3.87. The minimum atomic E-state index is 0.905. The Labute approximate surface area is 226 Å². The largest absolute Gasteiger partial charge is 0.378 e. The lowest BCUT2D eigenvalue weighted by molar-refractivity contribution is -0.364. The van der Waals surface area contributed by atoms with E-state index in [9.17, 15) is 0 Å². The number of hydrogen-bond donors (Lipinski definition) is 0. The van der Waals surface area contributed by atoms with Crippen molar-refractivity contribution in [1.82, 2.24) is 4.98 Å². The summed E-state index contributed by atoms with van der Waals surface area (Å²) in [5.41, 5.74) is 8.82. The van der Waals surface area contributed by atoms with Crippen molar-refractivity contribution >= 4 is 35.7 Å². The van der Waals surface area contributed by atoms with Crippen LogP contribution in [0.15, 0.2) is 109 Å². The first kappa shape index (κ1) is 26.4. The smallest absolute Gasteiger partial charge is 0.230 e. The molecule has 0 bridgehead atoms. The molecule has 0 atom stereocenters. The van der Waals surface area contributed by atoms with Gasteiger partial charge in [-0.2, -0.15) is 0 Å². The highest BCUT2D eigenvalue weighted by atomic mass is 15.1. The van der Waals surface area contributed by atoms with Crippen LogP contribution in [0.25, 0.3) is 35.7 Å². The summed E-state index contributed by atoms with van der Waals surface area (Å²) < 4.78 is 0. The number of pyridine rings is 2. The number of allylic oxidation sites excluding steroid dienone is 4. The number of benzene rings is 2. The van der Waals surface area contributed by atoms with Crippen LogP contribution in [-0.4, -0.2) is 33.2 Å². The molecule has 0 amide bonds.